The van der Waals surface area contributed by atoms with Gasteiger partial charge >= 0.3 is 0 Å². The summed E-state index contributed by atoms with van der Waals surface area (Å²) in [6.45, 7) is 10.4. The van der Waals surface area contributed by atoms with Gasteiger partial charge in [0.1, 0.15) is 0 Å². The highest BCUT2D eigenvalue weighted by atomic mass is 16.7. The van der Waals surface area contributed by atoms with Crippen LogP contribution in [0.1, 0.15) is 42.1 Å². The second-order valence-electron chi connectivity index (χ2n) is 2.36. The second-order valence-corrected chi connectivity index (χ2v) is 2.36. The summed E-state index contributed by atoms with van der Waals surface area (Å²) in [6.07, 6.45) is 0. The van der Waals surface area contributed by atoms with Gasteiger partial charge < -0.3 is 9.47 Å². The molecule has 1 aromatic carbocycles. The lowest BCUT2D eigenvalue weighted by Crippen LogP contribution is -1.92. The van der Waals surface area contributed by atoms with Gasteiger partial charge in [0, 0.05) is 1.43 Å². The number of hydrogen-bond acceptors (Lipinski definition) is 2. The molecule has 0 atom stereocenters. The van der Waals surface area contributed by atoms with Crippen LogP contribution in [-0.2, 0) is 0 Å². The van der Waals surface area contributed by atoms with Crippen LogP contribution in [0, 0.1) is 6.92 Å². The van der Waals surface area contributed by atoms with Crippen molar-refractivity contribution in [1.29, 1.82) is 0 Å². The summed E-state index contributed by atoms with van der Waals surface area (Å²) in [4.78, 5) is 0. The molecule has 1 aliphatic rings. The zero-order valence-electron chi connectivity index (χ0n) is 9.76. The molecular weight excluding hydrogens is 188 g/mol. The number of benzene rings is 1. The van der Waals surface area contributed by atoms with Crippen LogP contribution >= 0.6 is 0 Å². The Morgan fingerprint density at radius 3 is 2.13 bits per heavy atom. The summed E-state index contributed by atoms with van der Waals surface area (Å²) < 4.78 is 10.3. The van der Waals surface area contributed by atoms with Crippen molar-refractivity contribution >= 4 is 0 Å². The summed E-state index contributed by atoms with van der Waals surface area (Å²) in [5.41, 5.74) is 1.20. The fourth-order valence-corrected chi connectivity index (χ4v) is 1.00. The fraction of sp³-hybridized carbons (Fsp3) is 0.538. The SMILES string of the molecule is C.CC.CC.Cc1ccc2c(c1)OCO2.[2HH]. The van der Waals surface area contributed by atoms with E-state index in [1.165, 1.54) is 5.56 Å². The van der Waals surface area contributed by atoms with Gasteiger partial charge in [0.15, 0.2) is 11.5 Å². The van der Waals surface area contributed by atoms with Gasteiger partial charge in [-0.25, -0.2) is 0 Å². The first-order valence-corrected chi connectivity index (χ1v) is 5.22. The van der Waals surface area contributed by atoms with Gasteiger partial charge in [-0.3, -0.25) is 0 Å². The topological polar surface area (TPSA) is 18.5 Å². The molecule has 0 amide bonds. The molecule has 0 saturated heterocycles. The normalized spacial score (nSPS) is 9.93. The zero-order valence-corrected chi connectivity index (χ0v) is 9.76. The van der Waals surface area contributed by atoms with E-state index >= 15 is 0 Å². The largest absolute Gasteiger partial charge is 0.454 e. The molecule has 0 N–H and O–H groups in total. The molecule has 0 aliphatic carbocycles. The van der Waals surface area contributed by atoms with E-state index < -0.39 is 0 Å². The minimum absolute atomic E-state index is 0. The first-order chi connectivity index (χ1) is 6.86. The summed E-state index contributed by atoms with van der Waals surface area (Å²) in [6, 6.07) is 5.91. The van der Waals surface area contributed by atoms with Gasteiger partial charge in [0.05, 0.1) is 0 Å². The predicted octanol–water partition coefficient (Wildman–Crippen LogP) is 4.66. The van der Waals surface area contributed by atoms with Crippen molar-refractivity contribution in [3.63, 3.8) is 0 Å². The van der Waals surface area contributed by atoms with E-state index in [1.54, 1.807) is 0 Å². The quantitative estimate of drug-likeness (QED) is 0.626. The van der Waals surface area contributed by atoms with E-state index in [1.807, 2.05) is 52.8 Å². The molecule has 15 heavy (non-hydrogen) atoms. The maximum absolute atomic E-state index is 5.16. The van der Waals surface area contributed by atoms with Gasteiger partial charge in [-0.15, -0.1) is 0 Å². The second kappa shape index (κ2) is 9.38. The molecule has 1 aliphatic heterocycles. The highest BCUT2D eigenvalue weighted by molar-refractivity contribution is 5.43. The van der Waals surface area contributed by atoms with E-state index in [-0.39, 0.29) is 8.85 Å². The first-order valence-electron chi connectivity index (χ1n) is 5.22. The molecule has 2 nitrogen and oxygen atoms in total. The average Bonchev–Trinajstić information content (AvgIpc) is 2.71. The molecule has 0 aromatic heterocycles. The predicted molar refractivity (Wildman–Crippen MR) is 68.8 cm³/mol. The van der Waals surface area contributed by atoms with E-state index in [0.29, 0.717) is 6.79 Å². The third-order valence-electron chi connectivity index (χ3n) is 1.53. The van der Waals surface area contributed by atoms with E-state index in [4.69, 9.17) is 9.47 Å². The van der Waals surface area contributed by atoms with Crippen LogP contribution in [0.5, 0.6) is 11.5 Å². The Kier molecular flexibility index (Phi) is 10.2. The molecule has 1 aromatic rings. The van der Waals surface area contributed by atoms with Crippen LogP contribution < -0.4 is 9.47 Å². The van der Waals surface area contributed by atoms with Crippen molar-refractivity contribution in [3.8, 4) is 11.5 Å². The molecule has 2 rings (SSSR count). The van der Waals surface area contributed by atoms with Gasteiger partial charge in [0.25, 0.3) is 0 Å². The zero-order chi connectivity index (χ0) is 11.0. The van der Waals surface area contributed by atoms with Crippen LogP contribution in [0.15, 0.2) is 18.2 Å². The lowest BCUT2D eigenvalue weighted by molar-refractivity contribution is 0.174. The average molecular weight is 215 g/mol. The summed E-state index contributed by atoms with van der Waals surface area (Å²) in [5.74, 6) is 1.71. The highest BCUT2D eigenvalue weighted by Gasteiger charge is 2.11. The summed E-state index contributed by atoms with van der Waals surface area (Å²) in [5, 5.41) is 0. The van der Waals surface area contributed by atoms with Crippen LogP contribution in [0.4, 0.5) is 0 Å². The lowest BCUT2D eigenvalue weighted by Gasteiger charge is -1.94. The summed E-state index contributed by atoms with van der Waals surface area (Å²) in [7, 11) is 0. The van der Waals surface area contributed by atoms with Crippen molar-refractivity contribution in [2.75, 3.05) is 6.79 Å². The van der Waals surface area contributed by atoms with Gasteiger partial charge in [0.2, 0.25) is 6.79 Å². The Bertz CT molecular complexity index is 262. The van der Waals surface area contributed by atoms with Gasteiger partial charge in [-0.2, -0.15) is 0 Å². The Morgan fingerprint density at radius 2 is 1.53 bits per heavy atom. The molecule has 0 spiro atoms. The number of rotatable bonds is 0. The molecular formula is C13H26O2. The van der Waals surface area contributed by atoms with Crippen molar-refractivity contribution < 1.29 is 10.9 Å². The molecule has 0 bridgehead atoms. The van der Waals surface area contributed by atoms with E-state index in [9.17, 15) is 0 Å². The molecule has 0 saturated carbocycles. The van der Waals surface area contributed by atoms with E-state index in [2.05, 4.69) is 0 Å². The first kappa shape index (κ1) is 16.3. The number of ether oxygens (including phenoxy) is 2. The van der Waals surface area contributed by atoms with Gasteiger partial charge in [-0.1, -0.05) is 41.2 Å². The Morgan fingerprint density at radius 1 is 1.00 bits per heavy atom. The number of hydrogen-bond donors (Lipinski definition) is 0. The Labute approximate surface area is 95.7 Å². The Hall–Kier alpha value is -1.18. The maximum atomic E-state index is 5.16. The number of aryl methyl sites for hydroxylation is 1. The lowest BCUT2D eigenvalue weighted by atomic mass is 10.2. The minimum atomic E-state index is 0. The minimum Gasteiger partial charge on any atom is -0.454 e. The molecule has 0 unspecified atom stereocenters. The third-order valence-corrected chi connectivity index (χ3v) is 1.53. The smallest absolute Gasteiger partial charge is 0.231 e. The monoisotopic (exact) mass is 215 g/mol. The van der Waals surface area contributed by atoms with Crippen molar-refractivity contribution in [2.45, 2.75) is 42.0 Å². The fourth-order valence-electron chi connectivity index (χ4n) is 1.00. The molecule has 90 valence electrons. The van der Waals surface area contributed by atoms with Crippen LogP contribution in [0.25, 0.3) is 0 Å². The number of fused-ring (bicyclic) bond motifs is 1. The van der Waals surface area contributed by atoms with E-state index in [0.717, 1.165) is 11.5 Å². The van der Waals surface area contributed by atoms with Crippen molar-refractivity contribution in [2.24, 2.45) is 0 Å². The van der Waals surface area contributed by atoms with Gasteiger partial charge in [-0.05, 0) is 24.6 Å². The molecule has 1 heterocycles. The Balaban J connectivity index is -0.000000257. The molecule has 2 heteroatoms. The standard InChI is InChI=1S/C8H8O2.2C2H6.CH4.H2/c1-6-2-3-7-8(4-6)10-5-9-7;2*1-2;;/h2-4H,5H2,1H3;2*1-2H3;1H4;1H/i;;;;1+1. The van der Waals surface area contributed by atoms with Crippen molar-refractivity contribution in [1.82, 2.24) is 0 Å². The molecule has 0 fully saturated rings. The van der Waals surface area contributed by atoms with Crippen LogP contribution in [0.2, 0.25) is 0 Å². The maximum Gasteiger partial charge on any atom is 0.231 e. The van der Waals surface area contributed by atoms with Crippen LogP contribution in [0.3, 0.4) is 0 Å². The third kappa shape index (κ3) is 4.73. The van der Waals surface area contributed by atoms with Crippen LogP contribution in [-0.4, -0.2) is 6.79 Å². The van der Waals surface area contributed by atoms with Crippen molar-refractivity contribution in [3.05, 3.63) is 23.8 Å². The highest BCUT2D eigenvalue weighted by Crippen LogP contribution is 2.31. The molecule has 0 radical (unpaired) electrons. The summed E-state index contributed by atoms with van der Waals surface area (Å²) >= 11 is 0.